The highest BCUT2D eigenvalue weighted by Gasteiger charge is 2.31. The highest BCUT2D eigenvalue weighted by molar-refractivity contribution is 6.36. The Morgan fingerprint density at radius 2 is 2.21 bits per heavy atom. The zero-order valence-corrected chi connectivity index (χ0v) is 11.4. The number of nitrogens with zero attached hydrogens (tertiary/aromatic N) is 2. The maximum Gasteiger partial charge on any atom is 0.353 e. The molecule has 7 nitrogen and oxygen atoms in total. The summed E-state index contributed by atoms with van der Waals surface area (Å²) in [4.78, 5) is 29.4. The molecule has 0 bridgehead atoms. The molecule has 0 saturated heterocycles. The third-order valence-corrected chi connectivity index (χ3v) is 2.92. The molecule has 1 amide bonds. The molecule has 1 unspecified atom stereocenters. The molecule has 1 rings (SSSR count). The van der Waals surface area contributed by atoms with Crippen molar-refractivity contribution in [3.63, 3.8) is 0 Å². The summed E-state index contributed by atoms with van der Waals surface area (Å²) in [6.07, 6.45) is 0.282. The first-order chi connectivity index (χ1) is 9.08. The van der Waals surface area contributed by atoms with Crippen LogP contribution in [0.3, 0.4) is 0 Å². The highest BCUT2D eigenvalue weighted by Crippen LogP contribution is 2.10. The minimum absolute atomic E-state index is 0.0214. The number of carbonyl (C=O) groups is 2. The lowest BCUT2D eigenvalue weighted by atomic mass is 10.2. The van der Waals surface area contributed by atoms with Crippen LogP contribution in [0, 0.1) is 0 Å². The molecule has 0 saturated carbocycles. The van der Waals surface area contributed by atoms with Crippen LogP contribution in [0.25, 0.3) is 0 Å². The smallest absolute Gasteiger partial charge is 0.353 e. The van der Waals surface area contributed by atoms with Gasteiger partial charge in [0.25, 0.3) is 5.91 Å². The lowest BCUT2D eigenvalue weighted by Gasteiger charge is -2.19. The lowest BCUT2D eigenvalue weighted by molar-refractivity contribution is -0.131. The fraction of sp³-hybridized carbons (Fsp3) is 0.750. The van der Waals surface area contributed by atoms with E-state index in [4.69, 9.17) is 9.94 Å². The Labute approximate surface area is 112 Å². The maximum absolute atomic E-state index is 11.7. The van der Waals surface area contributed by atoms with Gasteiger partial charge in [0.15, 0.2) is 5.71 Å². The van der Waals surface area contributed by atoms with Gasteiger partial charge in [-0.15, -0.1) is 0 Å². The van der Waals surface area contributed by atoms with E-state index in [1.165, 1.54) is 0 Å². The van der Waals surface area contributed by atoms with E-state index < -0.39 is 12.1 Å². The summed E-state index contributed by atoms with van der Waals surface area (Å²) in [5.41, 5.74) is -0.110. The maximum atomic E-state index is 11.7. The van der Waals surface area contributed by atoms with Crippen molar-refractivity contribution in [3.05, 3.63) is 0 Å². The zero-order chi connectivity index (χ0) is 14.3. The van der Waals surface area contributed by atoms with Gasteiger partial charge >= 0.3 is 5.97 Å². The first-order valence-corrected chi connectivity index (χ1v) is 6.54. The van der Waals surface area contributed by atoms with Crippen LogP contribution in [0.15, 0.2) is 5.16 Å². The van der Waals surface area contributed by atoms with E-state index in [0.717, 1.165) is 26.1 Å². The molecule has 1 aliphatic heterocycles. The number of nitrogens with one attached hydrogen (secondary N) is 1. The highest BCUT2D eigenvalue weighted by atomic mass is 16.6. The van der Waals surface area contributed by atoms with Crippen molar-refractivity contribution in [2.24, 2.45) is 5.16 Å². The summed E-state index contributed by atoms with van der Waals surface area (Å²) in [7, 11) is 0. The number of carbonyl (C=O) groups excluding carboxylic acids is 1. The molecule has 0 aromatic rings. The van der Waals surface area contributed by atoms with Crippen molar-refractivity contribution in [3.8, 4) is 0 Å². The van der Waals surface area contributed by atoms with Gasteiger partial charge in [0.2, 0.25) is 6.10 Å². The van der Waals surface area contributed by atoms with Gasteiger partial charge in [0.05, 0.1) is 0 Å². The van der Waals surface area contributed by atoms with Gasteiger partial charge in [-0.1, -0.05) is 19.0 Å². The molecular formula is C12H21N3O4. The molecular weight excluding hydrogens is 250 g/mol. The molecule has 0 spiro atoms. The van der Waals surface area contributed by atoms with Gasteiger partial charge in [-0.2, -0.15) is 0 Å². The number of hydrogen-bond acceptors (Lipinski definition) is 5. The van der Waals surface area contributed by atoms with Gasteiger partial charge in [-0.3, -0.25) is 4.79 Å². The van der Waals surface area contributed by atoms with Crippen molar-refractivity contribution in [1.82, 2.24) is 10.2 Å². The lowest BCUT2D eigenvalue weighted by Crippen LogP contribution is -2.40. The second-order valence-electron chi connectivity index (χ2n) is 4.37. The topological polar surface area (TPSA) is 91.2 Å². The summed E-state index contributed by atoms with van der Waals surface area (Å²) in [6.45, 7) is 7.42. The van der Waals surface area contributed by atoms with Crippen LogP contribution in [-0.2, 0) is 14.4 Å². The van der Waals surface area contributed by atoms with Crippen LogP contribution in [0.1, 0.15) is 26.7 Å². The Morgan fingerprint density at radius 3 is 2.74 bits per heavy atom. The Morgan fingerprint density at radius 1 is 1.47 bits per heavy atom. The predicted octanol–water partition coefficient (Wildman–Crippen LogP) is 0.0640. The summed E-state index contributed by atoms with van der Waals surface area (Å²) < 4.78 is 0. The first-order valence-electron chi connectivity index (χ1n) is 6.54. The number of carboxylic acid groups (broad SMARTS) is 1. The fourth-order valence-corrected chi connectivity index (χ4v) is 1.84. The first kappa shape index (κ1) is 15.4. The third kappa shape index (κ3) is 4.86. The van der Waals surface area contributed by atoms with E-state index in [2.05, 4.69) is 29.2 Å². The minimum Gasteiger partial charge on any atom is -0.477 e. The fourth-order valence-electron chi connectivity index (χ4n) is 1.84. The van der Waals surface area contributed by atoms with E-state index in [-0.39, 0.29) is 18.0 Å². The van der Waals surface area contributed by atoms with Crippen LogP contribution in [0.5, 0.6) is 0 Å². The molecule has 1 heterocycles. The molecule has 0 aromatic heterocycles. The normalized spacial score (nSPS) is 18.1. The van der Waals surface area contributed by atoms with Crippen molar-refractivity contribution in [2.45, 2.75) is 32.8 Å². The largest absolute Gasteiger partial charge is 0.477 e. The van der Waals surface area contributed by atoms with Crippen LogP contribution >= 0.6 is 0 Å². The Bertz CT molecular complexity index is 357. The number of rotatable bonds is 8. The number of likely N-dealkylation sites (N-methyl/N-ethyl adjacent to an activating group) is 1. The van der Waals surface area contributed by atoms with Crippen molar-refractivity contribution < 1.29 is 19.5 Å². The predicted molar refractivity (Wildman–Crippen MR) is 70.0 cm³/mol. The molecule has 0 aromatic carbocycles. The standard InChI is InChI=1S/C12H21N3O4/c1-3-6-15(4-2)7-5-13-11(16)10-8-9(12(17)18)14-19-10/h10H,3-8H2,1-2H3,(H,13,16)(H,17,18). The van der Waals surface area contributed by atoms with E-state index in [1.54, 1.807) is 0 Å². The van der Waals surface area contributed by atoms with E-state index >= 15 is 0 Å². The Kier molecular flexibility index (Phi) is 6.27. The monoisotopic (exact) mass is 271 g/mol. The van der Waals surface area contributed by atoms with Crippen molar-refractivity contribution >= 4 is 17.6 Å². The number of amides is 1. The van der Waals surface area contributed by atoms with Crippen LogP contribution in [0.2, 0.25) is 0 Å². The van der Waals surface area contributed by atoms with Gasteiger partial charge < -0.3 is 20.2 Å². The van der Waals surface area contributed by atoms with Gasteiger partial charge in [0, 0.05) is 19.5 Å². The van der Waals surface area contributed by atoms with E-state index in [9.17, 15) is 9.59 Å². The average molecular weight is 271 g/mol. The van der Waals surface area contributed by atoms with Crippen molar-refractivity contribution in [2.75, 3.05) is 26.2 Å². The molecule has 0 aliphatic carbocycles. The number of carboxylic acids is 1. The average Bonchev–Trinajstić information content (AvgIpc) is 2.87. The molecule has 1 atom stereocenters. The zero-order valence-electron chi connectivity index (χ0n) is 11.4. The molecule has 19 heavy (non-hydrogen) atoms. The molecule has 0 fully saturated rings. The number of oxime groups is 1. The minimum atomic E-state index is -1.14. The third-order valence-electron chi connectivity index (χ3n) is 2.92. The van der Waals surface area contributed by atoms with E-state index in [1.807, 2.05) is 0 Å². The van der Waals surface area contributed by atoms with Gasteiger partial charge in [-0.25, -0.2) is 4.79 Å². The Balaban J connectivity index is 2.24. The molecule has 108 valence electrons. The second-order valence-corrected chi connectivity index (χ2v) is 4.37. The van der Waals surface area contributed by atoms with Gasteiger partial charge in [0.1, 0.15) is 0 Å². The van der Waals surface area contributed by atoms with Gasteiger partial charge in [-0.05, 0) is 19.5 Å². The van der Waals surface area contributed by atoms with Crippen LogP contribution < -0.4 is 5.32 Å². The molecule has 2 N–H and O–H groups in total. The molecule has 1 aliphatic rings. The summed E-state index contributed by atoms with van der Waals surface area (Å²) in [6, 6.07) is 0. The number of aliphatic carboxylic acids is 1. The second kappa shape index (κ2) is 7.73. The van der Waals surface area contributed by atoms with Crippen molar-refractivity contribution in [1.29, 1.82) is 0 Å². The Hall–Kier alpha value is -1.63. The summed E-state index contributed by atoms with van der Waals surface area (Å²) >= 11 is 0. The van der Waals surface area contributed by atoms with Crippen LogP contribution in [-0.4, -0.2) is 59.9 Å². The SMILES string of the molecule is CCCN(CC)CCNC(=O)C1CC(C(=O)O)=NO1. The quantitative estimate of drug-likeness (QED) is 0.651. The summed E-state index contributed by atoms with van der Waals surface area (Å²) in [5, 5.41) is 14.8. The number of hydrogen-bond donors (Lipinski definition) is 2. The molecule has 7 heteroatoms. The van der Waals surface area contributed by atoms with Crippen LogP contribution in [0.4, 0.5) is 0 Å². The summed E-state index contributed by atoms with van der Waals surface area (Å²) in [5.74, 6) is -1.46. The van der Waals surface area contributed by atoms with E-state index in [0.29, 0.717) is 6.54 Å². The molecule has 0 radical (unpaired) electrons.